The number of nitro benzene ring substituents is 1. The topological polar surface area (TPSA) is 84.7 Å². The first kappa shape index (κ1) is 18.4. The highest BCUT2D eigenvalue weighted by Gasteiger charge is 2.11. The molecule has 0 heterocycles. The molecule has 1 N–H and O–H groups in total. The standard InChI is InChI=1S/C18H21N3O4/c1-3-20(12-14-4-8-16(9-5-14)21(23)24)13-18(22)19-15-6-10-17(25-2)11-7-15/h4-11H,3,12-13H2,1-2H3,(H,19,22). The SMILES string of the molecule is CCN(CC(=O)Nc1ccc(OC)cc1)Cc1ccc([N+](=O)[O-])cc1. The van der Waals surface area contributed by atoms with Crippen LogP contribution < -0.4 is 10.1 Å². The summed E-state index contributed by atoms with van der Waals surface area (Å²) in [7, 11) is 1.59. The first-order valence-corrected chi connectivity index (χ1v) is 7.91. The number of nitrogens with zero attached hydrogens (tertiary/aromatic N) is 2. The molecule has 0 fully saturated rings. The number of amides is 1. The number of anilines is 1. The molecule has 7 heteroatoms. The average Bonchev–Trinajstić information content (AvgIpc) is 2.62. The van der Waals surface area contributed by atoms with E-state index in [9.17, 15) is 14.9 Å². The molecule has 2 aromatic rings. The molecule has 1 amide bonds. The zero-order chi connectivity index (χ0) is 18.2. The molecule has 0 aliphatic heterocycles. The lowest BCUT2D eigenvalue weighted by Crippen LogP contribution is -2.32. The third-order valence-corrected chi connectivity index (χ3v) is 3.74. The van der Waals surface area contributed by atoms with E-state index < -0.39 is 4.92 Å². The monoisotopic (exact) mass is 343 g/mol. The van der Waals surface area contributed by atoms with Crippen LogP contribution in [0.15, 0.2) is 48.5 Å². The molecular formula is C18H21N3O4. The minimum atomic E-state index is -0.427. The number of rotatable bonds is 8. The highest BCUT2D eigenvalue weighted by Crippen LogP contribution is 2.16. The second-order valence-corrected chi connectivity index (χ2v) is 5.50. The van der Waals surface area contributed by atoms with Crippen LogP contribution in [0.3, 0.4) is 0 Å². The van der Waals surface area contributed by atoms with E-state index in [-0.39, 0.29) is 18.1 Å². The number of hydrogen-bond donors (Lipinski definition) is 1. The minimum absolute atomic E-state index is 0.0593. The fourth-order valence-corrected chi connectivity index (χ4v) is 2.34. The van der Waals surface area contributed by atoms with E-state index in [2.05, 4.69) is 5.32 Å². The Bertz CT molecular complexity index is 714. The Kier molecular flexibility index (Phi) is 6.47. The zero-order valence-corrected chi connectivity index (χ0v) is 14.3. The van der Waals surface area contributed by atoms with Gasteiger partial charge in [0.2, 0.25) is 5.91 Å². The van der Waals surface area contributed by atoms with Crippen LogP contribution in [-0.2, 0) is 11.3 Å². The minimum Gasteiger partial charge on any atom is -0.497 e. The van der Waals surface area contributed by atoms with Crippen molar-refractivity contribution in [2.75, 3.05) is 25.5 Å². The Labute approximate surface area is 146 Å². The van der Waals surface area contributed by atoms with E-state index in [1.54, 1.807) is 43.5 Å². The van der Waals surface area contributed by atoms with Gasteiger partial charge in [0.15, 0.2) is 0 Å². The summed E-state index contributed by atoms with van der Waals surface area (Å²) in [6, 6.07) is 13.5. The Balaban J connectivity index is 1.91. The molecule has 0 bridgehead atoms. The number of nitro groups is 1. The highest BCUT2D eigenvalue weighted by atomic mass is 16.6. The van der Waals surface area contributed by atoms with Crippen LogP contribution >= 0.6 is 0 Å². The van der Waals surface area contributed by atoms with Crippen molar-refractivity contribution in [2.45, 2.75) is 13.5 Å². The van der Waals surface area contributed by atoms with Gasteiger partial charge >= 0.3 is 0 Å². The van der Waals surface area contributed by atoms with E-state index in [1.165, 1.54) is 12.1 Å². The molecule has 0 saturated heterocycles. The number of hydrogen-bond acceptors (Lipinski definition) is 5. The number of nitrogens with one attached hydrogen (secondary N) is 1. The quantitative estimate of drug-likeness (QED) is 0.588. The Morgan fingerprint density at radius 2 is 1.80 bits per heavy atom. The molecule has 0 spiro atoms. The van der Waals surface area contributed by atoms with Gasteiger partial charge in [0.25, 0.3) is 5.69 Å². The Morgan fingerprint density at radius 1 is 1.16 bits per heavy atom. The van der Waals surface area contributed by atoms with Crippen LogP contribution in [0.5, 0.6) is 5.75 Å². The maximum absolute atomic E-state index is 12.2. The molecule has 0 aliphatic carbocycles. The number of likely N-dealkylation sites (N-methyl/N-ethyl adjacent to an activating group) is 1. The highest BCUT2D eigenvalue weighted by molar-refractivity contribution is 5.92. The first-order valence-electron chi connectivity index (χ1n) is 7.91. The van der Waals surface area contributed by atoms with Gasteiger partial charge in [0.05, 0.1) is 18.6 Å². The predicted octanol–water partition coefficient (Wildman–Crippen LogP) is 3.06. The van der Waals surface area contributed by atoms with Gasteiger partial charge in [-0.2, -0.15) is 0 Å². The number of ether oxygens (including phenoxy) is 1. The van der Waals surface area contributed by atoms with Gasteiger partial charge in [-0.05, 0) is 36.4 Å². The smallest absolute Gasteiger partial charge is 0.269 e. The van der Waals surface area contributed by atoms with Gasteiger partial charge in [0.1, 0.15) is 5.75 Å². The number of methoxy groups -OCH3 is 1. The predicted molar refractivity (Wildman–Crippen MR) is 95.7 cm³/mol. The van der Waals surface area contributed by atoms with Crippen LogP contribution in [0.25, 0.3) is 0 Å². The van der Waals surface area contributed by atoms with Gasteiger partial charge in [-0.15, -0.1) is 0 Å². The first-order chi connectivity index (χ1) is 12.0. The second-order valence-electron chi connectivity index (χ2n) is 5.50. The molecule has 25 heavy (non-hydrogen) atoms. The number of benzene rings is 2. The van der Waals surface area contributed by atoms with E-state index in [0.717, 1.165) is 11.3 Å². The number of non-ortho nitro benzene ring substituents is 1. The van der Waals surface area contributed by atoms with Crippen LogP contribution in [0, 0.1) is 10.1 Å². The molecular weight excluding hydrogens is 322 g/mol. The van der Waals surface area contributed by atoms with E-state index in [0.29, 0.717) is 18.8 Å². The lowest BCUT2D eigenvalue weighted by molar-refractivity contribution is -0.384. The fraction of sp³-hybridized carbons (Fsp3) is 0.278. The average molecular weight is 343 g/mol. The van der Waals surface area contributed by atoms with Gasteiger partial charge in [-0.25, -0.2) is 0 Å². The van der Waals surface area contributed by atoms with Crippen LogP contribution in [-0.4, -0.2) is 35.9 Å². The summed E-state index contributed by atoms with van der Waals surface area (Å²) in [5.41, 5.74) is 1.69. The van der Waals surface area contributed by atoms with Crippen molar-refractivity contribution in [1.82, 2.24) is 4.90 Å². The molecule has 0 aromatic heterocycles. The van der Waals surface area contributed by atoms with Crippen molar-refractivity contribution < 1.29 is 14.5 Å². The second kappa shape index (κ2) is 8.79. The lowest BCUT2D eigenvalue weighted by atomic mass is 10.2. The summed E-state index contributed by atoms with van der Waals surface area (Å²) in [5.74, 6) is 0.611. The summed E-state index contributed by atoms with van der Waals surface area (Å²) >= 11 is 0. The van der Waals surface area contributed by atoms with Crippen molar-refractivity contribution in [3.63, 3.8) is 0 Å². The van der Waals surface area contributed by atoms with Gasteiger partial charge in [0, 0.05) is 24.4 Å². The van der Waals surface area contributed by atoms with Gasteiger partial charge in [-0.1, -0.05) is 19.1 Å². The number of carbonyl (C=O) groups excluding carboxylic acids is 1. The molecule has 132 valence electrons. The Hall–Kier alpha value is -2.93. The van der Waals surface area contributed by atoms with E-state index >= 15 is 0 Å². The maximum atomic E-state index is 12.2. The maximum Gasteiger partial charge on any atom is 0.269 e. The van der Waals surface area contributed by atoms with Crippen molar-refractivity contribution in [3.8, 4) is 5.75 Å². The summed E-state index contributed by atoms with van der Waals surface area (Å²) in [4.78, 5) is 24.4. The third-order valence-electron chi connectivity index (χ3n) is 3.74. The summed E-state index contributed by atoms with van der Waals surface area (Å²) in [6.07, 6.45) is 0. The summed E-state index contributed by atoms with van der Waals surface area (Å²) in [5, 5.41) is 13.5. The van der Waals surface area contributed by atoms with Crippen molar-refractivity contribution in [1.29, 1.82) is 0 Å². The molecule has 0 atom stereocenters. The van der Waals surface area contributed by atoms with E-state index in [1.807, 2.05) is 11.8 Å². The van der Waals surface area contributed by atoms with Crippen molar-refractivity contribution in [3.05, 3.63) is 64.2 Å². The summed E-state index contributed by atoms with van der Waals surface area (Å²) in [6.45, 7) is 3.43. The van der Waals surface area contributed by atoms with Crippen LogP contribution in [0.2, 0.25) is 0 Å². The molecule has 2 aromatic carbocycles. The molecule has 7 nitrogen and oxygen atoms in total. The molecule has 0 aliphatic rings. The van der Waals surface area contributed by atoms with Crippen LogP contribution in [0.4, 0.5) is 11.4 Å². The largest absolute Gasteiger partial charge is 0.497 e. The number of carbonyl (C=O) groups is 1. The van der Waals surface area contributed by atoms with E-state index in [4.69, 9.17) is 4.74 Å². The van der Waals surface area contributed by atoms with Crippen molar-refractivity contribution in [2.24, 2.45) is 0 Å². The van der Waals surface area contributed by atoms with Gasteiger partial charge < -0.3 is 10.1 Å². The normalized spacial score (nSPS) is 10.5. The van der Waals surface area contributed by atoms with Crippen molar-refractivity contribution >= 4 is 17.3 Å². The summed E-state index contributed by atoms with van der Waals surface area (Å²) < 4.78 is 5.08. The lowest BCUT2D eigenvalue weighted by Gasteiger charge is -2.20. The molecule has 0 unspecified atom stereocenters. The zero-order valence-electron chi connectivity index (χ0n) is 14.3. The fourth-order valence-electron chi connectivity index (χ4n) is 2.34. The Morgan fingerprint density at radius 3 is 2.32 bits per heavy atom. The molecule has 0 radical (unpaired) electrons. The van der Waals surface area contributed by atoms with Crippen LogP contribution in [0.1, 0.15) is 12.5 Å². The third kappa shape index (κ3) is 5.58. The van der Waals surface area contributed by atoms with Gasteiger partial charge in [-0.3, -0.25) is 19.8 Å². The molecule has 2 rings (SSSR count). The molecule has 0 saturated carbocycles.